The Bertz CT molecular complexity index is 912. The van der Waals surface area contributed by atoms with E-state index in [1.54, 1.807) is 6.07 Å². The second kappa shape index (κ2) is 9.01. The highest BCUT2D eigenvalue weighted by Crippen LogP contribution is 2.39. The lowest BCUT2D eigenvalue weighted by Gasteiger charge is -2.42. The molecule has 0 saturated carbocycles. The maximum Gasteiger partial charge on any atom is 0.241 e. The molecule has 160 valence electrons. The number of halogens is 4. The molecule has 8 heteroatoms. The van der Waals surface area contributed by atoms with Crippen LogP contribution in [-0.4, -0.2) is 49.1 Å². The number of benzene rings is 2. The third kappa shape index (κ3) is 4.46. The fourth-order valence-corrected chi connectivity index (χ4v) is 5.13. The van der Waals surface area contributed by atoms with Gasteiger partial charge in [0.2, 0.25) is 5.91 Å². The molecule has 0 atom stereocenters. The van der Waals surface area contributed by atoms with Crippen LogP contribution in [0.1, 0.15) is 16.7 Å². The van der Waals surface area contributed by atoms with Gasteiger partial charge >= 0.3 is 0 Å². The fourth-order valence-electron chi connectivity index (χ4n) is 4.51. The predicted molar refractivity (Wildman–Crippen MR) is 119 cm³/mol. The zero-order valence-electron chi connectivity index (χ0n) is 16.4. The van der Waals surface area contributed by atoms with Gasteiger partial charge in [0.15, 0.2) is 0 Å². The molecule has 30 heavy (non-hydrogen) atoms. The maximum atomic E-state index is 13.6. The number of hydrogen-bond donors (Lipinski definition) is 2. The second-order valence-electron chi connectivity index (χ2n) is 7.94. The number of nitrogens with zero attached hydrogens (tertiary/aromatic N) is 1. The van der Waals surface area contributed by atoms with E-state index >= 15 is 0 Å². The van der Waals surface area contributed by atoms with Crippen LogP contribution in [0.5, 0.6) is 0 Å². The van der Waals surface area contributed by atoms with Gasteiger partial charge in [0.25, 0.3) is 0 Å². The lowest BCUT2D eigenvalue weighted by molar-refractivity contribution is -0.133. The smallest absolute Gasteiger partial charge is 0.241 e. The van der Waals surface area contributed by atoms with Gasteiger partial charge in [-0.15, -0.1) is 0 Å². The van der Waals surface area contributed by atoms with E-state index in [2.05, 4.69) is 15.5 Å². The number of nitrogens with one attached hydrogen (secondary N) is 2. The summed E-state index contributed by atoms with van der Waals surface area (Å²) >= 11 is 18.4. The van der Waals surface area contributed by atoms with Crippen molar-refractivity contribution in [2.45, 2.75) is 24.8 Å². The Balaban J connectivity index is 1.52. The molecule has 1 heterocycles. The van der Waals surface area contributed by atoms with Gasteiger partial charge in [-0.25, -0.2) is 4.39 Å². The van der Waals surface area contributed by atoms with E-state index in [1.807, 2.05) is 12.1 Å². The van der Waals surface area contributed by atoms with Crippen molar-refractivity contribution in [1.29, 1.82) is 0 Å². The number of rotatable bonds is 5. The molecule has 2 aromatic carbocycles. The maximum absolute atomic E-state index is 13.6. The van der Waals surface area contributed by atoms with Crippen molar-refractivity contribution < 1.29 is 9.18 Å². The molecule has 2 N–H and O–H groups in total. The first-order valence-corrected chi connectivity index (χ1v) is 11.2. The van der Waals surface area contributed by atoms with Gasteiger partial charge in [-0.3, -0.25) is 9.69 Å². The first kappa shape index (κ1) is 21.8. The number of piperazine rings is 1. The molecule has 2 aliphatic rings. The highest BCUT2D eigenvalue weighted by molar-refractivity contribution is 6.42. The van der Waals surface area contributed by atoms with E-state index in [-0.39, 0.29) is 11.7 Å². The van der Waals surface area contributed by atoms with Gasteiger partial charge in [-0.1, -0.05) is 34.8 Å². The summed E-state index contributed by atoms with van der Waals surface area (Å²) in [6.45, 7) is 3.68. The second-order valence-corrected chi connectivity index (χ2v) is 9.19. The van der Waals surface area contributed by atoms with Crippen LogP contribution in [-0.2, 0) is 24.1 Å². The number of carbonyl (C=O) groups excluding carboxylic acids is 1. The molecule has 1 saturated heterocycles. The zero-order chi connectivity index (χ0) is 21.3. The minimum Gasteiger partial charge on any atom is -0.354 e. The van der Waals surface area contributed by atoms with E-state index in [1.165, 1.54) is 12.1 Å². The predicted octanol–water partition coefficient (Wildman–Crippen LogP) is 3.89. The molecule has 0 aromatic heterocycles. The van der Waals surface area contributed by atoms with Gasteiger partial charge in [0.1, 0.15) is 11.4 Å². The van der Waals surface area contributed by atoms with Crippen LogP contribution >= 0.6 is 34.8 Å². The molecular weight excluding hydrogens is 448 g/mol. The molecular formula is C22H23Cl3FN3O. The molecule has 4 rings (SSSR count). The first-order valence-electron chi connectivity index (χ1n) is 10.0. The normalized spacial score (nSPS) is 18.3. The van der Waals surface area contributed by atoms with Crippen molar-refractivity contribution in [1.82, 2.24) is 15.5 Å². The molecule has 1 amide bonds. The Morgan fingerprint density at radius 2 is 1.67 bits per heavy atom. The monoisotopic (exact) mass is 469 g/mol. The van der Waals surface area contributed by atoms with Gasteiger partial charge in [-0.2, -0.15) is 0 Å². The standard InChI is InChI=1S/C22H23Cl3FN3O/c23-17-7-14(8-18(26)11-17)1-2-28-21(30)22(29-5-3-27-4-6-29)12-15-9-19(24)20(25)10-16(15)13-22/h7-11,27H,1-6,12-13H2,(H,28,30). The van der Waals surface area contributed by atoms with Crippen molar-refractivity contribution in [3.05, 3.63) is 67.9 Å². The van der Waals surface area contributed by atoms with E-state index < -0.39 is 5.54 Å². The van der Waals surface area contributed by atoms with Crippen LogP contribution < -0.4 is 10.6 Å². The molecule has 0 radical (unpaired) electrons. The van der Waals surface area contributed by atoms with Crippen molar-refractivity contribution in [3.63, 3.8) is 0 Å². The summed E-state index contributed by atoms with van der Waals surface area (Å²) in [5, 5.41) is 7.80. The minimum atomic E-state index is -0.669. The Labute approximate surface area is 190 Å². The van der Waals surface area contributed by atoms with Crippen LogP contribution in [0.25, 0.3) is 0 Å². The summed E-state index contributed by atoms with van der Waals surface area (Å²) in [5.41, 5.74) is 2.22. The SMILES string of the molecule is O=C(NCCc1cc(F)cc(Cl)c1)C1(N2CCNCC2)Cc2cc(Cl)c(Cl)cc2C1. The van der Waals surface area contributed by atoms with Crippen molar-refractivity contribution in [3.8, 4) is 0 Å². The van der Waals surface area contributed by atoms with Gasteiger partial charge in [0.05, 0.1) is 10.0 Å². The van der Waals surface area contributed by atoms with Crippen LogP contribution in [0.4, 0.5) is 4.39 Å². The minimum absolute atomic E-state index is 0.0182. The summed E-state index contributed by atoms with van der Waals surface area (Å²) in [6, 6.07) is 8.20. The van der Waals surface area contributed by atoms with Crippen LogP contribution in [0.2, 0.25) is 15.1 Å². The number of hydrogen-bond acceptors (Lipinski definition) is 3. The Morgan fingerprint density at radius 3 is 2.27 bits per heavy atom. The molecule has 1 aliphatic carbocycles. The molecule has 4 nitrogen and oxygen atoms in total. The summed E-state index contributed by atoms with van der Waals surface area (Å²) < 4.78 is 13.6. The third-order valence-corrected chi connectivity index (χ3v) is 6.92. The molecule has 0 spiro atoms. The van der Waals surface area contributed by atoms with E-state index in [0.717, 1.165) is 42.9 Å². The van der Waals surface area contributed by atoms with Crippen molar-refractivity contribution in [2.24, 2.45) is 0 Å². The van der Waals surface area contributed by atoms with Crippen LogP contribution in [0.15, 0.2) is 30.3 Å². The van der Waals surface area contributed by atoms with Crippen molar-refractivity contribution >= 4 is 40.7 Å². The molecule has 1 aliphatic heterocycles. The summed E-state index contributed by atoms with van der Waals surface area (Å²) in [5.74, 6) is -0.392. The quantitative estimate of drug-likeness (QED) is 0.697. The highest BCUT2D eigenvalue weighted by atomic mass is 35.5. The summed E-state index contributed by atoms with van der Waals surface area (Å²) in [7, 11) is 0. The van der Waals surface area contributed by atoms with Gasteiger partial charge in [0, 0.05) is 50.6 Å². The van der Waals surface area contributed by atoms with E-state index in [0.29, 0.717) is 40.9 Å². The largest absolute Gasteiger partial charge is 0.354 e. The van der Waals surface area contributed by atoms with Gasteiger partial charge < -0.3 is 10.6 Å². The average molecular weight is 471 g/mol. The Morgan fingerprint density at radius 1 is 1.03 bits per heavy atom. The van der Waals surface area contributed by atoms with E-state index in [4.69, 9.17) is 34.8 Å². The topological polar surface area (TPSA) is 44.4 Å². The van der Waals surface area contributed by atoms with Gasteiger partial charge in [-0.05, 0) is 53.4 Å². The third-order valence-electron chi connectivity index (χ3n) is 5.97. The summed E-state index contributed by atoms with van der Waals surface area (Å²) in [4.78, 5) is 15.8. The molecule has 1 fully saturated rings. The molecule has 2 aromatic rings. The number of amides is 1. The van der Waals surface area contributed by atoms with E-state index in [9.17, 15) is 9.18 Å². The summed E-state index contributed by atoms with van der Waals surface area (Å²) in [6.07, 6.45) is 1.69. The molecule has 0 bridgehead atoms. The Hall–Kier alpha value is -1.37. The lowest BCUT2D eigenvalue weighted by atomic mass is 9.91. The Kier molecular flexibility index (Phi) is 6.56. The van der Waals surface area contributed by atoms with Crippen LogP contribution in [0, 0.1) is 5.82 Å². The zero-order valence-corrected chi connectivity index (χ0v) is 18.7. The lowest BCUT2D eigenvalue weighted by Crippen LogP contribution is -2.64. The first-order chi connectivity index (χ1) is 14.4. The van der Waals surface area contributed by atoms with Crippen molar-refractivity contribution in [2.75, 3.05) is 32.7 Å². The fraction of sp³-hybridized carbons (Fsp3) is 0.409. The number of carbonyl (C=O) groups is 1. The molecule has 0 unspecified atom stereocenters. The average Bonchev–Trinajstić information content (AvgIpc) is 3.08. The van der Waals surface area contributed by atoms with Crippen LogP contribution in [0.3, 0.4) is 0 Å². The number of fused-ring (bicyclic) bond motifs is 1. The highest BCUT2D eigenvalue weighted by Gasteiger charge is 2.48.